The van der Waals surface area contributed by atoms with E-state index in [0.717, 1.165) is 29.9 Å². The van der Waals surface area contributed by atoms with Gasteiger partial charge in [0, 0.05) is 0 Å². The van der Waals surface area contributed by atoms with Crippen molar-refractivity contribution in [3.8, 4) is 11.5 Å². The molecule has 3 heteroatoms. The molecule has 0 fully saturated rings. The number of para-hydroxylation sites is 1. The topological polar surface area (TPSA) is 38.7 Å². The summed E-state index contributed by atoms with van der Waals surface area (Å²) in [5.74, 6) is 1.73. The molecule has 2 aromatic rings. The minimum Gasteiger partial charge on any atom is -0.497 e. The van der Waals surface area contributed by atoms with Crippen LogP contribution in [0.15, 0.2) is 48.5 Å². The monoisotopic (exact) mass is 286 g/mol. The molecule has 2 rings (SSSR count). The largest absolute Gasteiger partial charge is 0.497 e. The average Bonchev–Trinajstić information content (AvgIpc) is 2.52. The second kappa shape index (κ2) is 7.70. The van der Waals surface area contributed by atoms with E-state index < -0.39 is 6.10 Å². The van der Waals surface area contributed by atoms with Crippen LogP contribution in [0.25, 0.3) is 0 Å². The van der Waals surface area contributed by atoms with Crippen LogP contribution in [0.3, 0.4) is 0 Å². The normalized spacial score (nSPS) is 12.0. The van der Waals surface area contributed by atoms with Gasteiger partial charge in [0.25, 0.3) is 0 Å². The van der Waals surface area contributed by atoms with Gasteiger partial charge in [-0.3, -0.25) is 0 Å². The minimum absolute atomic E-state index is 0.316. The molecule has 1 atom stereocenters. The maximum Gasteiger partial charge on any atom is 0.122 e. The maximum absolute atomic E-state index is 9.33. The van der Waals surface area contributed by atoms with Crippen LogP contribution >= 0.6 is 0 Å². The SMILES string of the molecule is COc1cccc(CCc2ccccc2OCC(C)O)c1. The Morgan fingerprint density at radius 3 is 2.62 bits per heavy atom. The summed E-state index contributed by atoms with van der Waals surface area (Å²) in [7, 11) is 1.68. The van der Waals surface area contributed by atoms with Crippen LogP contribution in [0.4, 0.5) is 0 Å². The quantitative estimate of drug-likeness (QED) is 0.849. The number of benzene rings is 2. The van der Waals surface area contributed by atoms with Crippen LogP contribution in [-0.2, 0) is 12.8 Å². The molecule has 0 saturated heterocycles. The molecule has 0 heterocycles. The van der Waals surface area contributed by atoms with Gasteiger partial charge in [-0.15, -0.1) is 0 Å². The number of ether oxygens (including phenoxy) is 2. The van der Waals surface area contributed by atoms with Crippen molar-refractivity contribution in [2.45, 2.75) is 25.9 Å². The van der Waals surface area contributed by atoms with Gasteiger partial charge in [-0.1, -0.05) is 30.3 Å². The molecule has 0 amide bonds. The average molecular weight is 286 g/mol. The van der Waals surface area contributed by atoms with Crippen LogP contribution in [0, 0.1) is 0 Å². The van der Waals surface area contributed by atoms with E-state index in [1.54, 1.807) is 14.0 Å². The fraction of sp³-hybridized carbons (Fsp3) is 0.333. The third-order valence-corrected chi connectivity index (χ3v) is 3.27. The molecule has 112 valence electrons. The standard InChI is InChI=1S/C18H22O3/c1-14(19)13-21-18-9-4-3-7-16(18)11-10-15-6-5-8-17(12-15)20-2/h3-9,12,14,19H,10-11,13H2,1-2H3. The summed E-state index contributed by atoms with van der Waals surface area (Å²) in [4.78, 5) is 0. The number of hydrogen-bond donors (Lipinski definition) is 1. The van der Waals surface area contributed by atoms with Crippen LogP contribution in [0.1, 0.15) is 18.1 Å². The molecular formula is C18H22O3. The molecule has 0 aromatic heterocycles. The zero-order valence-corrected chi connectivity index (χ0v) is 12.6. The van der Waals surface area contributed by atoms with E-state index >= 15 is 0 Å². The number of hydrogen-bond acceptors (Lipinski definition) is 3. The van der Waals surface area contributed by atoms with Crippen LogP contribution in [-0.4, -0.2) is 24.9 Å². The second-order valence-corrected chi connectivity index (χ2v) is 5.12. The van der Waals surface area contributed by atoms with Crippen LogP contribution in [0.2, 0.25) is 0 Å². The van der Waals surface area contributed by atoms with E-state index in [1.807, 2.05) is 30.3 Å². The number of aliphatic hydroxyl groups excluding tert-OH is 1. The molecule has 0 radical (unpaired) electrons. The Labute approximate surface area is 126 Å². The molecule has 0 aliphatic carbocycles. The van der Waals surface area contributed by atoms with Crippen molar-refractivity contribution in [3.63, 3.8) is 0 Å². The molecule has 21 heavy (non-hydrogen) atoms. The zero-order chi connectivity index (χ0) is 15.1. The molecule has 0 aliphatic heterocycles. The molecule has 1 unspecified atom stereocenters. The Balaban J connectivity index is 2.02. The van der Waals surface area contributed by atoms with E-state index in [1.165, 1.54) is 5.56 Å². The highest BCUT2D eigenvalue weighted by molar-refractivity contribution is 5.35. The van der Waals surface area contributed by atoms with Crippen molar-refractivity contribution in [3.05, 3.63) is 59.7 Å². The van der Waals surface area contributed by atoms with Gasteiger partial charge < -0.3 is 14.6 Å². The first kappa shape index (κ1) is 15.4. The van der Waals surface area contributed by atoms with Crippen molar-refractivity contribution >= 4 is 0 Å². The molecule has 0 aliphatic rings. The highest BCUT2D eigenvalue weighted by Gasteiger charge is 2.05. The van der Waals surface area contributed by atoms with Gasteiger partial charge in [0.2, 0.25) is 0 Å². The summed E-state index contributed by atoms with van der Waals surface area (Å²) in [5.41, 5.74) is 2.39. The third kappa shape index (κ3) is 4.80. The van der Waals surface area contributed by atoms with E-state index in [0.29, 0.717) is 6.61 Å². The highest BCUT2D eigenvalue weighted by atomic mass is 16.5. The molecule has 1 N–H and O–H groups in total. The molecule has 2 aromatic carbocycles. The smallest absolute Gasteiger partial charge is 0.122 e. The van der Waals surface area contributed by atoms with Gasteiger partial charge in [-0.05, 0) is 49.1 Å². The summed E-state index contributed by atoms with van der Waals surface area (Å²) < 4.78 is 10.9. The molecule has 0 spiro atoms. The fourth-order valence-corrected chi connectivity index (χ4v) is 2.17. The summed E-state index contributed by atoms with van der Waals surface area (Å²) in [6.07, 6.45) is 1.35. The lowest BCUT2D eigenvalue weighted by atomic mass is 10.0. The predicted molar refractivity (Wildman–Crippen MR) is 84.0 cm³/mol. The number of rotatable bonds is 7. The highest BCUT2D eigenvalue weighted by Crippen LogP contribution is 2.21. The van der Waals surface area contributed by atoms with Crippen LogP contribution in [0.5, 0.6) is 11.5 Å². The predicted octanol–water partition coefficient (Wildman–Crippen LogP) is 3.24. The van der Waals surface area contributed by atoms with E-state index in [9.17, 15) is 5.11 Å². The Morgan fingerprint density at radius 2 is 1.86 bits per heavy atom. The first-order valence-corrected chi connectivity index (χ1v) is 7.20. The zero-order valence-electron chi connectivity index (χ0n) is 12.6. The van der Waals surface area contributed by atoms with Gasteiger partial charge in [0.05, 0.1) is 13.2 Å². The number of aryl methyl sites for hydroxylation is 2. The Kier molecular flexibility index (Phi) is 5.64. The van der Waals surface area contributed by atoms with E-state index in [-0.39, 0.29) is 0 Å². The van der Waals surface area contributed by atoms with Gasteiger partial charge in [0.1, 0.15) is 18.1 Å². The maximum atomic E-state index is 9.33. The number of methoxy groups -OCH3 is 1. The number of aliphatic hydroxyl groups is 1. The molecule has 3 nitrogen and oxygen atoms in total. The lowest BCUT2D eigenvalue weighted by molar-refractivity contribution is 0.122. The lowest BCUT2D eigenvalue weighted by Gasteiger charge is -2.13. The van der Waals surface area contributed by atoms with Gasteiger partial charge in [0.15, 0.2) is 0 Å². The van der Waals surface area contributed by atoms with Gasteiger partial charge in [-0.2, -0.15) is 0 Å². The lowest BCUT2D eigenvalue weighted by Crippen LogP contribution is -2.13. The van der Waals surface area contributed by atoms with E-state index in [2.05, 4.69) is 18.2 Å². The van der Waals surface area contributed by atoms with Crippen molar-refractivity contribution < 1.29 is 14.6 Å². The fourth-order valence-electron chi connectivity index (χ4n) is 2.17. The molecule has 0 bridgehead atoms. The van der Waals surface area contributed by atoms with Gasteiger partial charge in [-0.25, -0.2) is 0 Å². The summed E-state index contributed by atoms with van der Waals surface area (Å²) in [5, 5.41) is 9.33. The van der Waals surface area contributed by atoms with E-state index in [4.69, 9.17) is 9.47 Å². The van der Waals surface area contributed by atoms with Crippen molar-refractivity contribution in [1.29, 1.82) is 0 Å². The first-order chi connectivity index (χ1) is 10.2. The molecular weight excluding hydrogens is 264 g/mol. The van der Waals surface area contributed by atoms with Crippen molar-refractivity contribution in [1.82, 2.24) is 0 Å². The summed E-state index contributed by atoms with van der Waals surface area (Å²) in [6, 6.07) is 16.1. The van der Waals surface area contributed by atoms with Crippen LogP contribution < -0.4 is 9.47 Å². The summed E-state index contributed by atoms with van der Waals surface area (Å²) >= 11 is 0. The Hall–Kier alpha value is -2.00. The minimum atomic E-state index is -0.462. The molecule has 0 saturated carbocycles. The third-order valence-electron chi connectivity index (χ3n) is 3.27. The Bertz CT molecular complexity index is 564. The Morgan fingerprint density at radius 1 is 1.05 bits per heavy atom. The second-order valence-electron chi connectivity index (χ2n) is 5.12. The summed E-state index contributed by atoms with van der Waals surface area (Å²) in [6.45, 7) is 2.04. The van der Waals surface area contributed by atoms with Gasteiger partial charge >= 0.3 is 0 Å². The van der Waals surface area contributed by atoms with Crippen molar-refractivity contribution in [2.24, 2.45) is 0 Å². The first-order valence-electron chi connectivity index (χ1n) is 7.20. The van der Waals surface area contributed by atoms with Crippen molar-refractivity contribution in [2.75, 3.05) is 13.7 Å².